The number of unbranched alkanes of at least 4 members (excludes halogenated alkanes) is 2. The van der Waals surface area contributed by atoms with Gasteiger partial charge in [0.05, 0.1) is 0 Å². The van der Waals surface area contributed by atoms with Crippen molar-refractivity contribution in [1.82, 2.24) is 0 Å². The molecule has 0 atom stereocenters. The van der Waals surface area contributed by atoms with Crippen LogP contribution in [0, 0.1) is 0 Å². The first kappa shape index (κ1) is 11.8. The Morgan fingerprint density at radius 3 is 1.82 bits per heavy atom. The molecule has 0 aromatic rings. The Morgan fingerprint density at radius 2 is 1.55 bits per heavy atom. The molecule has 0 heterocycles. The van der Waals surface area contributed by atoms with Gasteiger partial charge in [-0.15, -0.1) is 0 Å². The van der Waals surface area contributed by atoms with Gasteiger partial charge in [-0.05, 0) is 0 Å². The van der Waals surface area contributed by atoms with Crippen molar-refractivity contribution in [2.75, 3.05) is 0 Å². The molecule has 0 unspecified atom stereocenters. The Morgan fingerprint density at radius 1 is 1.09 bits per heavy atom. The van der Waals surface area contributed by atoms with E-state index in [1.54, 1.807) is 0 Å². The third-order valence-corrected chi connectivity index (χ3v) is 3.05. The van der Waals surface area contributed by atoms with Crippen molar-refractivity contribution in [3.63, 3.8) is 0 Å². The van der Waals surface area contributed by atoms with E-state index in [9.17, 15) is 0 Å². The van der Waals surface area contributed by atoms with Crippen LogP contribution in [0.15, 0.2) is 0 Å². The monoisotopic (exact) mass is 264 g/mol. The summed E-state index contributed by atoms with van der Waals surface area (Å²) in [5.41, 5.74) is 0. The molecule has 0 aliphatic rings. The van der Waals surface area contributed by atoms with Crippen molar-refractivity contribution in [2.24, 2.45) is 0 Å². The van der Waals surface area contributed by atoms with Gasteiger partial charge in [-0.2, -0.15) is 0 Å². The average Bonchev–Trinajstić information content (AvgIpc) is 2.05. The van der Waals surface area contributed by atoms with Gasteiger partial charge in [-0.1, -0.05) is 0 Å². The van der Waals surface area contributed by atoms with Crippen molar-refractivity contribution < 1.29 is 3.07 Å². The van der Waals surface area contributed by atoms with Gasteiger partial charge in [0.25, 0.3) is 0 Å². The SMILES string of the molecule is CCCCC(CCCC)[O][SnH]. The molecule has 0 saturated carbocycles. The van der Waals surface area contributed by atoms with Crippen LogP contribution < -0.4 is 0 Å². The molecule has 0 aromatic carbocycles. The summed E-state index contributed by atoms with van der Waals surface area (Å²) >= 11 is 0.965. The van der Waals surface area contributed by atoms with Crippen LogP contribution in [0.25, 0.3) is 0 Å². The Kier molecular flexibility index (Phi) is 9.46. The van der Waals surface area contributed by atoms with Crippen LogP contribution in [0.5, 0.6) is 0 Å². The van der Waals surface area contributed by atoms with Crippen molar-refractivity contribution in [1.29, 1.82) is 0 Å². The number of hydrogen-bond acceptors (Lipinski definition) is 1. The van der Waals surface area contributed by atoms with Crippen molar-refractivity contribution in [2.45, 2.75) is 58.5 Å². The maximum absolute atomic E-state index is 5.48. The quantitative estimate of drug-likeness (QED) is 0.641. The molecular weight excluding hydrogens is 243 g/mol. The summed E-state index contributed by atoms with van der Waals surface area (Å²) in [6.45, 7) is 4.48. The first-order valence-corrected chi connectivity index (χ1v) is 6.05. The van der Waals surface area contributed by atoms with Gasteiger partial charge in [0, 0.05) is 0 Å². The summed E-state index contributed by atoms with van der Waals surface area (Å²) in [5.74, 6) is 0. The van der Waals surface area contributed by atoms with Crippen LogP contribution in [0.1, 0.15) is 52.4 Å². The van der Waals surface area contributed by atoms with E-state index in [-0.39, 0.29) is 0 Å². The molecule has 0 fully saturated rings. The molecule has 0 aliphatic heterocycles. The number of hydrogen-bond donors (Lipinski definition) is 0. The molecule has 1 nitrogen and oxygen atoms in total. The van der Waals surface area contributed by atoms with E-state index in [1.165, 1.54) is 38.5 Å². The zero-order valence-electron chi connectivity index (χ0n) is 7.81. The summed E-state index contributed by atoms with van der Waals surface area (Å²) in [6.07, 6.45) is 8.39. The van der Waals surface area contributed by atoms with Crippen molar-refractivity contribution in [3.8, 4) is 0 Å². The van der Waals surface area contributed by atoms with Gasteiger partial charge in [-0.3, -0.25) is 0 Å². The first-order valence-electron chi connectivity index (χ1n) is 4.70. The minimum atomic E-state index is 0.581. The predicted molar refractivity (Wildman–Crippen MR) is 51.1 cm³/mol. The standard InChI is InChI=1S/C9H19O.Sn.H/c1-3-5-7-9(10)8-6-4-2;;/h9H,3-8H2,1-2H3;;/q-1;+1;. The van der Waals surface area contributed by atoms with Crippen LogP contribution in [-0.2, 0) is 3.07 Å². The second kappa shape index (κ2) is 8.85. The molecule has 0 bridgehead atoms. The fraction of sp³-hybridized carbons (Fsp3) is 1.00. The fourth-order valence-corrected chi connectivity index (χ4v) is 1.92. The summed E-state index contributed by atoms with van der Waals surface area (Å²) < 4.78 is 5.48. The van der Waals surface area contributed by atoms with Gasteiger partial charge in [-0.25, -0.2) is 0 Å². The molecule has 66 valence electrons. The van der Waals surface area contributed by atoms with Crippen LogP contribution in [0.2, 0.25) is 0 Å². The van der Waals surface area contributed by atoms with Crippen molar-refractivity contribution in [3.05, 3.63) is 0 Å². The third-order valence-electron chi connectivity index (χ3n) is 1.95. The zero-order chi connectivity index (χ0) is 8.53. The van der Waals surface area contributed by atoms with Crippen LogP contribution in [0.3, 0.4) is 0 Å². The van der Waals surface area contributed by atoms with E-state index in [2.05, 4.69) is 13.8 Å². The van der Waals surface area contributed by atoms with E-state index in [0.29, 0.717) is 6.10 Å². The maximum atomic E-state index is 5.48. The Hall–Kier alpha value is 0.759. The fourth-order valence-electron chi connectivity index (χ4n) is 1.14. The summed E-state index contributed by atoms with van der Waals surface area (Å²) in [6, 6.07) is 0. The second-order valence-electron chi connectivity index (χ2n) is 3.04. The van der Waals surface area contributed by atoms with E-state index in [1.807, 2.05) is 0 Å². The Labute approximate surface area is 84.5 Å². The van der Waals surface area contributed by atoms with Gasteiger partial charge < -0.3 is 0 Å². The van der Waals surface area contributed by atoms with Gasteiger partial charge >= 0.3 is 84.5 Å². The molecule has 0 amide bonds. The van der Waals surface area contributed by atoms with Crippen LogP contribution in [0.4, 0.5) is 0 Å². The predicted octanol–water partition coefficient (Wildman–Crippen LogP) is 2.57. The molecule has 0 N–H and O–H groups in total. The van der Waals surface area contributed by atoms with E-state index in [0.717, 1.165) is 22.9 Å². The Bertz CT molecular complexity index is 68.0. The van der Waals surface area contributed by atoms with Crippen molar-refractivity contribution >= 4 is 22.9 Å². The zero-order valence-corrected chi connectivity index (χ0v) is 11.1. The molecule has 0 saturated heterocycles. The Balaban J connectivity index is 3.25. The van der Waals surface area contributed by atoms with E-state index in [4.69, 9.17) is 3.07 Å². The molecule has 0 rings (SSSR count). The second-order valence-corrected chi connectivity index (χ2v) is 3.82. The van der Waals surface area contributed by atoms with Crippen LogP contribution in [-0.4, -0.2) is 29.0 Å². The first-order chi connectivity index (χ1) is 5.35. The molecule has 2 heteroatoms. The molecule has 0 aliphatic carbocycles. The average molecular weight is 263 g/mol. The van der Waals surface area contributed by atoms with Gasteiger partial charge in [0.2, 0.25) is 0 Å². The normalized spacial score (nSPS) is 10.9. The van der Waals surface area contributed by atoms with E-state index < -0.39 is 0 Å². The van der Waals surface area contributed by atoms with Gasteiger partial charge in [0.15, 0.2) is 0 Å². The summed E-state index contributed by atoms with van der Waals surface area (Å²) in [4.78, 5) is 0. The van der Waals surface area contributed by atoms with E-state index >= 15 is 0 Å². The molecule has 2 radical (unpaired) electrons. The molecule has 0 aromatic heterocycles. The van der Waals surface area contributed by atoms with Crippen LogP contribution >= 0.6 is 0 Å². The minimum absolute atomic E-state index is 0.581. The topological polar surface area (TPSA) is 9.23 Å². The molecule has 0 spiro atoms. The molecule has 11 heavy (non-hydrogen) atoms. The summed E-state index contributed by atoms with van der Waals surface area (Å²) in [5, 5.41) is 0. The van der Waals surface area contributed by atoms with Gasteiger partial charge in [0.1, 0.15) is 0 Å². The number of rotatable bonds is 7. The summed E-state index contributed by atoms with van der Waals surface area (Å²) in [7, 11) is 0. The third kappa shape index (κ3) is 7.13. The molecular formula is C9H20OSn.